The van der Waals surface area contributed by atoms with Crippen molar-refractivity contribution in [2.45, 2.75) is 6.42 Å². The van der Waals surface area contributed by atoms with Gasteiger partial charge in [0.25, 0.3) is 0 Å². The minimum atomic E-state index is 0.729. The number of hydrogen-bond donors (Lipinski definition) is 0. The van der Waals surface area contributed by atoms with Crippen LogP contribution < -0.4 is 4.74 Å². The van der Waals surface area contributed by atoms with Gasteiger partial charge in [-0.05, 0) is 12.1 Å². The van der Waals surface area contributed by atoms with Crippen molar-refractivity contribution < 1.29 is 4.74 Å². The van der Waals surface area contributed by atoms with E-state index in [9.17, 15) is 0 Å². The zero-order valence-electron chi connectivity index (χ0n) is 11.3. The van der Waals surface area contributed by atoms with Gasteiger partial charge in [-0.25, -0.2) is 9.97 Å². The molecule has 0 saturated carbocycles. The smallest absolute Gasteiger partial charge is 0.132 e. The monoisotopic (exact) mass is 272 g/mol. The van der Waals surface area contributed by atoms with Gasteiger partial charge in [-0.2, -0.15) is 0 Å². The van der Waals surface area contributed by atoms with E-state index in [4.69, 9.17) is 14.7 Å². The Kier molecular flexibility index (Phi) is 2.06. The van der Waals surface area contributed by atoms with Crippen molar-refractivity contribution in [1.82, 2.24) is 9.97 Å². The summed E-state index contributed by atoms with van der Waals surface area (Å²) in [7, 11) is 0. The number of rotatable bonds is 0. The van der Waals surface area contributed by atoms with Crippen molar-refractivity contribution in [3.63, 3.8) is 0 Å². The van der Waals surface area contributed by atoms with E-state index in [-0.39, 0.29) is 0 Å². The summed E-state index contributed by atoms with van der Waals surface area (Å²) in [4.78, 5) is 9.72. The van der Waals surface area contributed by atoms with Crippen LogP contribution in [0, 0.1) is 0 Å². The van der Waals surface area contributed by atoms with Crippen molar-refractivity contribution >= 4 is 32.8 Å². The molecule has 21 heavy (non-hydrogen) atoms. The van der Waals surface area contributed by atoms with Crippen molar-refractivity contribution in [1.29, 1.82) is 0 Å². The van der Waals surface area contributed by atoms with E-state index < -0.39 is 0 Å². The molecule has 3 nitrogen and oxygen atoms in total. The van der Waals surface area contributed by atoms with Gasteiger partial charge in [-0.3, -0.25) is 0 Å². The molecule has 0 aliphatic carbocycles. The van der Waals surface area contributed by atoms with Crippen LogP contribution in [0.25, 0.3) is 32.8 Å². The Bertz CT molecular complexity index is 1020. The highest BCUT2D eigenvalue weighted by Gasteiger charge is 2.22. The highest BCUT2D eigenvalue weighted by molar-refractivity contribution is 6.10. The minimum Gasteiger partial charge on any atom is -0.492 e. The topological polar surface area (TPSA) is 35.0 Å². The summed E-state index contributed by atoms with van der Waals surface area (Å²) in [6.45, 7) is 0.729. The average Bonchev–Trinajstić information content (AvgIpc) is 3.03. The number of nitrogens with zero attached hydrogens (tertiary/aromatic N) is 2. The Morgan fingerprint density at radius 1 is 0.762 bits per heavy atom. The van der Waals surface area contributed by atoms with Crippen LogP contribution >= 0.6 is 0 Å². The molecule has 0 amide bonds. The second-order valence-corrected chi connectivity index (χ2v) is 5.36. The molecular formula is C18H12N2O. The van der Waals surface area contributed by atoms with Crippen LogP contribution in [0.3, 0.4) is 0 Å². The summed E-state index contributed by atoms with van der Waals surface area (Å²) >= 11 is 0. The number of para-hydroxylation sites is 2. The first-order chi connectivity index (χ1) is 10.4. The van der Waals surface area contributed by atoms with E-state index in [0.717, 1.165) is 51.6 Å². The summed E-state index contributed by atoms with van der Waals surface area (Å²) in [6.07, 6.45) is 0.906. The van der Waals surface area contributed by atoms with Gasteiger partial charge < -0.3 is 4.74 Å². The predicted molar refractivity (Wildman–Crippen MR) is 83.7 cm³/mol. The molecule has 1 aromatic heterocycles. The molecule has 4 aromatic rings. The third-order valence-electron chi connectivity index (χ3n) is 4.16. The van der Waals surface area contributed by atoms with E-state index in [1.807, 2.05) is 36.4 Å². The van der Waals surface area contributed by atoms with E-state index in [2.05, 4.69) is 12.1 Å². The SMILES string of the molecule is c1ccc2nc3c(nc2c1)c1c(c2ccccc23)OCC1. The van der Waals surface area contributed by atoms with Crippen LogP contribution in [0.5, 0.6) is 5.75 Å². The summed E-state index contributed by atoms with van der Waals surface area (Å²) < 4.78 is 5.86. The molecule has 0 atom stereocenters. The molecule has 0 N–H and O–H groups in total. The normalized spacial score (nSPS) is 13.7. The lowest BCUT2D eigenvalue weighted by Crippen LogP contribution is -1.93. The average molecular weight is 272 g/mol. The molecule has 3 heteroatoms. The van der Waals surface area contributed by atoms with E-state index >= 15 is 0 Å². The van der Waals surface area contributed by atoms with Crippen LogP contribution in [0.2, 0.25) is 0 Å². The number of ether oxygens (including phenoxy) is 1. The minimum absolute atomic E-state index is 0.729. The molecule has 0 spiro atoms. The van der Waals surface area contributed by atoms with Crippen LogP contribution in [0.4, 0.5) is 0 Å². The van der Waals surface area contributed by atoms with Crippen molar-refractivity contribution in [2.24, 2.45) is 0 Å². The first kappa shape index (κ1) is 11.0. The molecule has 3 aromatic carbocycles. The largest absolute Gasteiger partial charge is 0.492 e. The molecule has 5 rings (SSSR count). The Morgan fingerprint density at radius 2 is 1.43 bits per heavy atom. The first-order valence-electron chi connectivity index (χ1n) is 7.15. The third kappa shape index (κ3) is 1.43. The molecule has 0 fully saturated rings. The van der Waals surface area contributed by atoms with Crippen LogP contribution in [0.1, 0.15) is 5.56 Å². The lowest BCUT2D eigenvalue weighted by molar-refractivity contribution is 0.360. The quantitative estimate of drug-likeness (QED) is 0.360. The summed E-state index contributed by atoms with van der Waals surface area (Å²) in [5.41, 5.74) is 5.04. The van der Waals surface area contributed by atoms with Gasteiger partial charge in [0.05, 0.1) is 28.7 Å². The van der Waals surface area contributed by atoms with Crippen LogP contribution in [-0.4, -0.2) is 16.6 Å². The molecule has 0 radical (unpaired) electrons. The molecule has 100 valence electrons. The molecular weight excluding hydrogens is 260 g/mol. The maximum absolute atomic E-state index is 5.86. The van der Waals surface area contributed by atoms with Gasteiger partial charge in [-0.1, -0.05) is 36.4 Å². The fourth-order valence-electron chi connectivity index (χ4n) is 3.21. The Balaban J connectivity index is 2.09. The lowest BCUT2D eigenvalue weighted by atomic mass is 10.0. The van der Waals surface area contributed by atoms with E-state index in [1.54, 1.807) is 0 Å². The Morgan fingerprint density at radius 3 is 2.24 bits per heavy atom. The Hall–Kier alpha value is -2.68. The van der Waals surface area contributed by atoms with Crippen molar-refractivity contribution in [3.05, 3.63) is 54.1 Å². The van der Waals surface area contributed by atoms with E-state index in [0.29, 0.717) is 0 Å². The maximum Gasteiger partial charge on any atom is 0.132 e. The highest BCUT2D eigenvalue weighted by Crippen LogP contribution is 2.40. The van der Waals surface area contributed by atoms with Crippen LogP contribution in [-0.2, 0) is 6.42 Å². The summed E-state index contributed by atoms with van der Waals surface area (Å²) in [6, 6.07) is 16.3. The fraction of sp³-hybridized carbons (Fsp3) is 0.111. The number of benzene rings is 3. The summed E-state index contributed by atoms with van der Waals surface area (Å²) in [5.74, 6) is 0.989. The van der Waals surface area contributed by atoms with Gasteiger partial charge in [-0.15, -0.1) is 0 Å². The number of hydrogen-bond acceptors (Lipinski definition) is 3. The first-order valence-corrected chi connectivity index (χ1v) is 7.15. The van der Waals surface area contributed by atoms with Gasteiger partial charge in [0.1, 0.15) is 5.75 Å². The maximum atomic E-state index is 5.86. The van der Waals surface area contributed by atoms with Crippen molar-refractivity contribution in [3.8, 4) is 5.75 Å². The van der Waals surface area contributed by atoms with Gasteiger partial charge >= 0.3 is 0 Å². The number of fused-ring (bicyclic) bond motifs is 7. The van der Waals surface area contributed by atoms with Gasteiger partial charge in [0.15, 0.2) is 0 Å². The third-order valence-corrected chi connectivity index (χ3v) is 4.16. The molecule has 0 bridgehead atoms. The van der Waals surface area contributed by atoms with E-state index in [1.165, 1.54) is 5.56 Å². The highest BCUT2D eigenvalue weighted by atomic mass is 16.5. The Labute approximate surface area is 121 Å². The molecule has 1 aliphatic heterocycles. The standard InChI is InChI=1S/C18H12N2O/c1-2-6-12-11(5-1)16-17(13-9-10-21-18(12)13)20-15-8-4-3-7-14(15)19-16/h1-8H,9-10H2. The summed E-state index contributed by atoms with van der Waals surface area (Å²) in [5, 5.41) is 2.26. The van der Waals surface area contributed by atoms with Crippen molar-refractivity contribution in [2.75, 3.05) is 6.61 Å². The zero-order chi connectivity index (χ0) is 13.8. The molecule has 0 saturated heterocycles. The molecule has 0 unspecified atom stereocenters. The predicted octanol–water partition coefficient (Wildman–Crippen LogP) is 3.87. The zero-order valence-corrected chi connectivity index (χ0v) is 11.3. The lowest BCUT2D eigenvalue weighted by Gasteiger charge is -2.10. The van der Waals surface area contributed by atoms with Crippen LogP contribution in [0.15, 0.2) is 48.5 Å². The van der Waals surface area contributed by atoms with Gasteiger partial charge in [0, 0.05) is 22.8 Å². The molecule has 1 aliphatic rings. The fourth-order valence-corrected chi connectivity index (χ4v) is 3.21. The second kappa shape index (κ2) is 3.92. The van der Waals surface area contributed by atoms with Gasteiger partial charge in [0.2, 0.25) is 0 Å². The second-order valence-electron chi connectivity index (χ2n) is 5.36. The number of aromatic nitrogens is 2. The molecule has 2 heterocycles.